The number of aliphatic hydroxyl groups is 2. The number of nitrogens with zero attached hydrogens (tertiary/aromatic N) is 1. The number of allylic oxidation sites excluding steroid dienone is 5. The Balaban J connectivity index is 1.53. The minimum absolute atomic E-state index is 0.0462. The number of hydrogen-bond donors (Lipinski definition) is 2. The summed E-state index contributed by atoms with van der Waals surface area (Å²) >= 11 is 0. The number of ketones is 1. The zero-order valence-corrected chi connectivity index (χ0v) is 23.9. The molecule has 0 unspecified atom stereocenters. The third kappa shape index (κ3) is 3.75. The van der Waals surface area contributed by atoms with Gasteiger partial charge in [-0.1, -0.05) is 25.5 Å². The molecule has 6 rings (SSSR count). The molecule has 5 atom stereocenters. The maximum absolute atomic E-state index is 13.9. The van der Waals surface area contributed by atoms with Crippen LogP contribution in [0.2, 0.25) is 0 Å². The zero-order valence-electron chi connectivity index (χ0n) is 23.9. The van der Waals surface area contributed by atoms with Crippen LogP contribution in [0.5, 0.6) is 5.75 Å². The van der Waals surface area contributed by atoms with Crippen molar-refractivity contribution in [2.75, 3.05) is 0 Å². The first kappa shape index (κ1) is 27.6. The average molecular weight is 562 g/mol. The van der Waals surface area contributed by atoms with Crippen LogP contribution in [0.3, 0.4) is 0 Å². The molecule has 9 heteroatoms. The van der Waals surface area contributed by atoms with Crippen molar-refractivity contribution >= 4 is 23.9 Å². The van der Waals surface area contributed by atoms with E-state index in [1.54, 1.807) is 26.8 Å². The first-order valence-corrected chi connectivity index (χ1v) is 14.2. The summed E-state index contributed by atoms with van der Waals surface area (Å²) in [7, 11) is 0. The van der Waals surface area contributed by atoms with E-state index in [2.05, 4.69) is 11.5 Å². The van der Waals surface area contributed by atoms with Crippen molar-refractivity contribution in [2.24, 2.45) is 0 Å². The molecule has 9 nitrogen and oxygen atoms in total. The lowest BCUT2D eigenvalue weighted by Crippen LogP contribution is -2.64. The van der Waals surface area contributed by atoms with Crippen LogP contribution in [0.4, 0.5) is 0 Å². The standard InChI is InChI=1S/C32H35NO8/c1-7-14(2)30(37)40-28-18(6)39-31-32(38,29(28)36)25-22(34)13-21-23(16(4)27(25)41-31)20-12-15(3)33(19-10-8-9-11-19)17(5)24(20)26(21)35/h7,12-13,18-19,28-29,31,36,38H,4,8-11H2,1-3,5-6H3/b14-7-/t18-,28+,29-,31+,32-/m1/s1. The fraction of sp³-hybridized carbons (Fsp3) is 0.469. The number of carbonyl (C=O) groups excluding carboxylic acids is 2. The Hall–Kier alpha value is -3.53. The monoisotopic (exact) mass is 561 g/mol. The van der Waals surface area contributed by atoms with Gasteiger partial charge < -0.3 is 29.3 Å². The minimum atomic E-state index is -2.37. The quantitative estimate of drug-likeness (QED) is 0.420. The molecule has 0 amide bonds. The predicted octanol–water partition coefficient (Wildman–Crippen LogP) is 1.80. The number of hydrogen-bond acceptors (Lipinski definition) is 9. The topological polar surface area (TPSA) is 123 Å². The normalized spacial score (nSPS) is 31.0. The Bertz CT molecular complexity index is 1660. The first-order chi connectivity index (χ1) is 19.4. The molecular weight excluding hydrogens is 526 g/mol. The van der Waals surface area contributed by atoms with Crippen molar-refractivity contribution < 1.29 is 34.0 Å². The second-order valence-electron chi connectivity index (χ2n) is 11.7. The summed E-state index contributed by atoms with van der Waals surface area (Å²) < 4.78 is 17.4. The lowest BCUT2D eigenvalue weighted by Gasteiger charge is -2.44. The molecule has 0 radical (unpaired) electrons. The van der Waals surface area contributed by atoms with Crippen LogP contribution in [-0.2, 0) is 19.9 Å². The smallest absolute Gasteiger partial charge is 0.333 e. The SMILES string of the molecule is C=c1c2c(c(=O)cc3c1=C1C=C(C)N(C4CCCC4)C(C)=C1C3=O)[C@]1(O)[C@H](O2)O[C@H](C)[C@H](OC(=O)/C(C)=C\C)[C@H]1O. The van der Waals surface area contributed by atoms with E-state index in [1.165, 1.54) is 6.07 Å². The molecule has 216 valence electrons. The van der Waals surface area contributed by atoms with Crippen molar-refractivity contribution in [1.82, 2.24) is 4.90 Å². The van der Waals surface area contributed by atoms with Crippen LogP contribution >= 0.6 is 0 Å². The molecule has 1 aromatic rings. The fourth-order valence-electron chi connectivity index (χ4n) is 7.09. The number of ether oxygens (including phenoxy) is 3. The molecule has 0 bridgehead atoms. The van der Waals surface area contributed by atoms with Crippen molar-refractivity contribution in [3.63, 3.8) is 0 Å². The number of esters is 1. The summed E-state index contributed by atoms with van der Waals surface area (Å²) in [5.41, 5.74) is 0.177. The third-order valence-corrected chi connectivity index (χ3v) is 9.30. The fourth-order valence-corrected chi connectivity index (χ4v) is 7.09. The highest BCUT2D eigenvalue weighted by molar-refractivity contribution is 6.23. The molecule has 2 N–H and O–H groups in total. The second kappa shape index (κ2) is 9.51. The highest BCUT2D eigenvalue weighted by atomic mass is 16.7. The van der Waals surface area contributed by atoms with Crippen LogP contribution in [0.15, 0.2) is 45.6 Å². The number of aliphatic hydroxyl groups excluding tert-OH is 1. The van der Waals surface area contributed by atoms with Gasteiger partial charge in [0.2, 0.25) is 6.29 Å². The molecule has 1 saturated carbocycles. The highest BCUT2D eigenvalue weighted by Crippen LogP contribution is 2.46. The average Bonchev–Trinajstić information content (AvgIpc) is 3.60. The van der Waals surface area contributed by atoms with Crippen LogP contribution in [-0.4, -0.2) is 57.5 Å². The van der Waals surface area contributed by atoms with Crippen LogP contribution in [0.1, 0.15) is 76.2 Å². The van der Waals surface area contributed by atoms with Crippen molar-refractivity contribution in [3.8, 4) is 5.75 Å². The summed E-state index contributed by atoms with van der Waals surface area (Å²) in [6, 6.07) is 1.52. The third-order valence-electron chi connectivity index (χ3n) is 9.30. The first-order valence-electron chi connectivity index (χ1n) is 14.2. The minimum Gasteiger partial charge on any atom is -0.460 e. The van der Waals surface area contributed by atoms with Gasteiger partial charge in [0, 0.05) is 44.6 Å². The van der Waals surface area contributed by atoms with Crippen LogP contribution in [0, 0.1) is 0 Å². The van der Waals surface area contributed by atoms with Gasteiger partial charge in [0.1, 0.15) is 11.9 Å². The van der Waals surface area contributed by atoms with Crippen molar-refractivity contribution in [2.45, 2.75) is 96.5 Å². The van der Waals surface area contributed by atoms with Gasteiger partial charge in [0.15, 0.2) is 22.9 Å². The Kier molecular flexibility index (Phi) is 6.41. The van der Waals surface area contributed by atoms with Gasteiger partial charge in [-0.05, 0) is 65.2 Å². The molecule has 1 saturated heterocycles. The largest absolute Gasteiger partial charge is 0.460 e. The Morgan fingerprint density at radius 1 is 1.24 bits per heavy atom. The molecule has 5 aliphatic rings. The van der Waals surface area contributed by atoms with Gasteiger partial charge in [0.25, 0.3) is 0 Å². The van der Waals surface area contributed by atoms with Gasteiger partial charge in [0.05, 0.1) is 11.7 Å². The molecule has 0 spiro atoms. The lowest BCUT2D eigenvalue weighted by molar-refractivity contribution is -0.309. The lowest BCUT2D eigenvalue weighted by atomic mass is 9.82. The van der Waals surface area contributed by atoms with E-state index in [0.29, 0.717) is 28.0 Å². The highest BCUT2D eigenvalue weighted by Gasteiger charge is 2.63. The van der Waals surface area contributed by atoms with E-state index in [0.717, 1.165) is 37.1 Å². The van der Waals surface area contributed by atoms with E-state index in [-0.39, 0.29) is 27.9 Å². The molecule has 1 aromatic carbocycles. The number of fused-ring (bicyclic) bond motifs is 5. The summed E-state index contributed by atoms with van der Waals surface area (Å²) in [5.74, 6) is -1.02. The number of carbonyl (C=O) groups is 2. The van der Waals surface area contributed by atoms with E-state index >= 15 is 0 Å². The second-order valence-corrected chi connectivity index (χ2v) is 11.7. The predicted molar refractivity (Wildman–Crippen MR) is 150 cm³/mol. The van der Waals surface area contributed by atoms with Crippen LogP contribution < -0.4 is 20.6 Å². The van der Waals surface area contributed by atoms with Crippen molar-refractivity contribution in [1.29, 1.82) is 0 Å². The molecule has 2 fully saturated rings. The summed E-state index contributed by atoms with van der Waals surface area (Å²) in [6.45, 7) is 13.0. The Morgan fingerprint density at radius 2 is 1.93 bits per heavy atom. The zero-order chi connectivity index (χ0) is 29.5. The molecule has 41 heavy (non-hydrogen) atoms. The van der Waals surface area contributed by atoms with Gasteiger partial charge in [-0.2, -0.15) is 0 Å². The van der Waals surface area contributed by atoms with Gasteiger partial charge in [-0.15, -0.1) is 0 Å². The summed E-state index contributed by atoms with van der Waals surface area (Å²) in [4.78, 5) is 42.4. The van der Waals surface area contributed by atoms with Gasteiger partial charge in [-0.25, -0.2) is 4.79 Å². The molecule has 0 aromatic heterocycles. The molecule has 3 aliphatic heterocycles. The van der Waals surface area contributed by atoms with E-state index in [9.17, 15) is 24.6 Å². The number of Topliss-reactive ketones (excluding diaryl/α,β-unsaturated/α-hetero) is 1. The Morgan fingerprint density at radius 3 is 2.59 bits per heavy atom. The summed E-state index contributed by atoms with van der Waals surface area (Å²) in [6.07, 6.45) is 2.56. The van der Waals surface area contributed by atoms with Gasteiger partial charge in [-0.3, -0.25) is 9.59 Å². The molecular formula is C32H35NO8. The molecule has 2 aliphatic carbocycles. The van der Waals surface area contributed by atoms with Crippen molar-refractivity contribution in [3.05, 3.63) is 72.5 Å². The van der Waals surface area contributed by atoms with E-state index in [1.807, 2.05) is 19.9 Å². The number of rotatable bonds is 3. The maximum atomic E-state index is 13.9. The van der Waals surface area contributed by atoms with E-state index in [4.69, 9.17) is 14.2 Å². The maximum Gasteiger partial charge on any atom is 0.333 e. The van der Waals surface area contributed by atoms with Crippen LogP contribution in [0.25, 0.3) is 12.2 Å². The van der Waals surface area contributed by atoms with Gasteiger partial charge >= 0.3 is 5.97 Å². The summed E-state index contributed by atoms with van der Waals surface area (Å²) in [5, 5.41) is 24.0. The van der Waals surface area contributed by atoms with E-state index < -0.39 is 41.6 Å². The Labute approximate surface area is 237 Å². The molecule has 3 heterocycles.